The van der Waals surface area contributed by atoms with Crippen LogP contribution in [-0.4, -0.2) is 23.6 Å². The number of rotatable bonds is 4. The van der Waals surface area contributed by atoms with Crippen molar-refractivity contribution in [2.45, 2.75) is 28.9 Å². The predicted molar refractivity (Wildman–Crippen MR) is 61.4 cm³/mol. The van der Waals surface area contributed by atoms with E-state index in [2.05, 4.69) is 11.2 Å². The zero-order valence-electron chi connectivity index (χ0n) is 8.32. The second kappa shape index (κ2) is 4.45. The van der Waals surface area contributed by atoms with E-state index in [1.54, 1.807) is 23.5 Å². The summed E-state index contributed by atoms with van der Waals surface area (Å²) >= 11 is 3.34. The molecule has 76 valence electrons. The zero-order chi connectivity index (χ0) is 9.97. The van der Waals surface area contributed by atoms with Crippen LogP contribution in [0.25, 0.3) is 0 Å². The zero-order valence-corrected chi connectivity index (χ0v) is 9.95. The van der Waals surface area contributed by atoms with E-state index in [1.807, 2.05) is 18.5 Å². The Hall–Kier alpha value is -0.350. The molecule has 1 aliphatic rings. The summed E-state index contributed by atoms with van der Waals surface area (Å²) < 4.78 is 5.82. The lowest BCUT2D eigenvalue weighted by Crippen LogP contribution is -1.98. The Morgan fingerprint density at radius 1 is 1.36 bits per heavy atom. The molecular formula is C10H13NOS2. The molecule has 0 spiro atoms. The summed E-state index contributed by atoms with van der Waals surface area (Å²) in [6, 6.07) is 2.04. The summed E-state index contributed by atoms with van der Waals surface area (Å²) in [6.07, 6.45) is 8.83. The molecule has 0 radical (unpaired) electrons. The SMILES string of the molecule is CSc1cc(OC2CC2)c(SC)cn1. The lowest BCUT2D eigenvalue weighted by Gasteiger charge is -2.09. The highest BCUT2D eigenvalue weighted by Crippen LogP contribution is 2.34. The van der Waals surface area contributed by atoms with Gasteiger partial charge in [0, 0.05) is 12.3 Å². The Labute approximate surface area is 92.8 Å². The van der Waals surface area contributed by atoms with E-state index in [1.165, 1.54) is 12.8 Å². The van der Waals surface area contributed by atoms with Crippen molar-refractivity contribution in [2.75, 3.05) is 12.5 Å². The van der Waals surface area contributed by atoms with Gasteiger partial charge in [0.25, 0.3) is 0 Å². The minimum Gasteiger partial charge on any atom is -0.489 e. The number of hydrogen-bond donors (Lipinski definition) is 0. The van der Waals surface area contributed by atoms with Gasteiger partial charge in [-0.1, -0.05) is 0 Å². The highest BCUT2D eigenvalue weighted by atomic mass is 32.2. The van der Waals surface area contributed by atoms with Crippen molar-refractivity contribution in [3.05, 3.63) is 12.3 Å². The van der Waals surface area contributed by atoms with Crippen LogP contribution in [0.2, 0.25) is 0 Å². The number of pyridine rings is 1. The molecule has 0 amide bonds. The van der Waals surface area contributed by atoms with E-state index in [-0.39, 0.29) is 0 Å². The van der Waals surface area contributed by atoms with Crippen LogP contribution in [-0.2, 0) is 0 Å². The molecule has 0 bridgehead atoms. The fourth-order valence-electron chi connectivity index (χ4n) is 1.13. The maximum atomic E-state index is 5.82. The molecule has 0 aliphatic heterocycles. The van der Waals surface area contributed by atoms with Crippen LogP contribution in [0.15, 0.2) is 22.2 Å². The molecule has 2 nitrogen and oxygen atoms in total. The van der Waals surface area contributed by atoms with Gasteiger partial charge < -0.3 is 4.74 Å². The van der Waals surface area contributed by atoms with E-state index in [9.17, 15) is 0 Å². The third-order valence-electron chi connectivity index (χ3n) is 2.05. The van der Waals surface area contributed by atoms with Crippen molar-refractivity contribution < 1.29 is 4.74 Å². The number of nitrogens with zero attached hydrogens (tertiary/aromatic N) is 1. The Morgan fingerprint density at radius 2 is 2.14 bits per heavy atom. The van der Waals surface area contributed by atoms with Crippen molar-refractivity contribution in [3.8, 4) is 5.75 Å². The first-order valence-electron chi connectivity index (χ1n) is 4.58. The van der Waals surface area contributed by atoms with Gasteiger partial charge in [0.1, 0.15) is 5.75 Å². The summed E-state index contributed by atoms with van der Waals surface area (Å²) in [4.78, 5) is 5.45. The van der Waals surface area contributed by atoms with Gasteiger partial charge in [0.05, 0.1) is 16.0 Å². The Balaban J connectivity index is 2.21. The minimum absolute atomic E-state index is 0.456. The maximum Gasteiger partial charge on any atom is 0.137 e. The van der Waals surface area contributed by atoms with Crippen LogP contribution in [0.3, 0.4) is 0 Å². The standard InChI is InChI=1S/C10H13NOS2/c1-13-9-6-11-10(14-2)5-8(9)12-7-3-4-7/h5-7H,3-4H2,1-2H3. The highest BCUT2D eigenvalue weighted by Gasteiger charge is 2.24. The molecule has 1 aromatic heterocycles. The second-order valence-electron chi connectivity index (χ2n) is 3.19. The molecule has 0 saturated heterocycles. The van der Waals surface area contributed by atoms with Gasteiger partial charge in [0.15, 0.2) is 0 Å². The molecule has 0 unspecified atom stereocenters. The van der Waals surface area contributed by atoms with Crippen LogP contribution >= 0.6 is 23.5 Å². The van der Waals surface area contributed by atoms with E-state index in [4.69, 9.17) is 4.74 Å². The lowest BCUT2D eigenvalue weighted by atomic mass is 10.4. The number of ether oxygens (including phenoxy) is 1. The summed E-state index contributed by atoms with van der Waals surface area (Å²) in [6.45, 7) is 0. The van der Waals surface area contributed by atoms with Gasteiger partial charge >= 0.3 is 0 Å². The highest BCUT2D eigenvalue weighted by molar-refractivity contribution is 7.99. The van der Waals surface area contributed by atoms with E-state index < -0.39 is 0 Å². The van der Waals surface area contributed by atoms with Crippen LogP contribution < -0.4 is 4.74 Å². The number of thioether (sulfide) groups is 2. The van der Waals surface area contributed by atoms with E-state index in [0.717, 1.165) is 15.7 Å². The average molecular weight is 227 g/mol. The van der Waals surface area contributed by atoms with Crippen molar-refractivity contribution >= 4 is 23.5 Å². The fourth-order valence-corrected chi connectivity index (χ4v) is 1.98. The molecule has 14 heavy (non-hydrogen) atoms. The fraction of sp³-hybridized carbons (Fsp3) is 0.500. The summed E-state index contributed by atoms with van der Waals surface area (Å²) in [5.41, 5.74) is 0. The molecular weight excluding hydrogens is 214 g/mol. The Morgan fingerprint density at radius 3 is 2.71 bits per heavy atom. The van der Waals surface area contributed by atoms with Crippen molar-refractivity contribution in [2.24, 2.45) is 0 Å². The second-order valence-corrected chi connectivity index (χ2v) is 4.87. The molecule has 0 N–H and O–H groups in total. The molecule has 1 fully saturated rings. The third kappa shape index (κ3) is 2.36. The first-order valence-corrected chi connectivity index (χ1v) is 7.03. The number of aromatic nitrogens is 1. The number of hydrogen-bond acceptors (Lipinski definition) is 4. The van der Waals surface area contributed by atoms with Gasteiger partial charge in [-0.2, -0.15) is 0 Å². The smallest absolute Gasteiger partial charge is 0.137 e. The van der Waals surface area contributed by atoms with Crippen molar-refractivity contribution in [3.63, 3.8) is 0 Å². The van der Waals surface area contributed by atoms with Crippen LogP contribution in [0, 0.1) is 0 Å². The van der Waals surface area contributed by atoms with Gasteiger partial charge in [-0.25, -0.2) is 4.98 Å². The topological polar surface area (TPSA) is 22.1 Å². The summed E-state index contributed by atoms with van der Waals surface area (Å²) in [5.74, 6) is 0.999. The summed E-state index contributed by atoms with van der Waals surface area (Å²) in [5, 5.41) is 1.03. The van der Waals surface area contributed by atoms with E-state index >= 15 is 0 Å². The lowest BCUT2D eigenvalue weighted by molar-refractivity contribution is 0.294. The van der Waals surface area contributed by atoms with E-state index in [0.29, 0.717) is 6.10 Å². The van der Waals surface area contributed by atoms with Crippen LogP contribution in [0.1, 0.15) is 12.8 Å². The van der Waals surface area contributed by atoms with Crippen LogP contribution in [0.4, 0.5) is 0 Å². The first-order chi connectivity index (χ1) is 6.83. The maximum absolute atomic E-state index is 5.82. The van der Waals surface area contributed by atoms with Gasteiger partial charge in [-0.05, 0) is 25.4 Å². The molecule has 2 rings (SSSR count). The van der Waals surface area contributed by atoms with Gasteiger partial charge in [-0.3, -0.25) is 0 Å². The van der Waals surface area contributed by atoms with Gasteiger partial charge in [0.2, 0.25) is 0 Å². The van der Waals surface area contributed by atoms with Crippen molar-refractivity contribution in [1.82, 2.24) is 4.98 Å². The monoisotopic (exact) mass is 227 g/mol. The molecule has 1 heterocycles. The molecule has 4 heteroatoms. The average Bonchev–Trinajstić information content (AvgIpc) is 3.01. The molecule has 0 atom stereocenters. The Bertz CT molecular complexity index is 326. The molecule has 1 aliphatic carbocycles. The molecule has 0 aromatic carbocycles. The molecule has 1 aromatic rings. The Kier molecular flexibility index (Phi) is 3.23. The van der Waals surface area contributed by atoms with Crippen LogP contribution in [0.5, 0.6) is 5.75 Å². The van der Waals surface area contributed by atoms with Crippen molar-refractivity contribution in [1.29, 1.82) is 0 Å². The third-order valence-corrected chi connectivity index (χ3v) is 3.44. The largest absolute Gasteiger partial charge is 0.489 e. The summed E-state index contributed by atoms with van der Waals surface area (Å²) in [7, 11) is 0. The normalized spacial score (nSPS) is 15.6. The predicted octanol–water partition coefficient (Wildman–Crippen LogP) is 3.07. The quantitative estimate of drug-likeness (QED) is 0.737. The minimum atomic E-state index is 0.456. The first kappa shape index (κ1) is 10.2. The van der Waals surface area contributed by atoms with Gasteiger partial charge in [-0.15, -0.1) is 23.5 Å². The molecule has 1 saturated carbocycles.